The largest absolute Gasteiger partial charge is 0.494 e. The first-order valence-corrected chi connectivity index (χ1v) is 3.35. The minimum atomic E-state index is -0.196. The fourth-order valence-electron chi connectivity index (χ4n) is 0.766. The van der Waals surface area contributed by atoms with E-state index in [1.54, 1.807) is 0 Å². The van der Waals surface area contributed by atoms with Gasteiger partial charge in [-0.3, -0.25) is 4.57 Å². The molecule has 11 heavy (non-hydrogen) atoms. The van der Waals surface area contributed by atoms with Crippen molar-refractivity contribution >= 4 is 18.9 Å². The molecule has 0 amide bonds. The average molecular weight is 173 g/mol. The number of hydrogen-bond acceptors (Lipinski definition) is 4. The van der Waals surface area contributed by atoms with Crippen LogP contribution in [0.2, 0.25) is 0 Å². The van der Waals surface area contributed by atoms with Crippen molar-refractivity contribution < 1.29 is 15.0 Å². The Kier molecular flexibility index (Phi) is 2.09. The Morgan fingerprint density at radius 3 is 2.64 bits per heavy atom. The first kappa shape index (κ1) is 8.00. The molecular weight excluding hydrogens is 166 g/mol. The highest BCUT2D eigenvalue weighted by Gasteiger charge is 2.09. The Morgan fingerprint density at radius 1 is 1.64 bits per heavy atom. The molecule has 0 unspecified atom stereocenters. The zero-order chi connectivity index (χ0) is 8.43. The van der Waals surface area contributed by atoms with Crippen molar-refractivity contribution in [2.75, 3.05) is 0 Å². The highest BCUT2D eigenvalue weighted by atomic mass is 32.1. The summed E-state index contributed by atoms with van der Waals surface area (Å²) in [6, 6.07) is 1.27. The monoisotopic (exact) mass is 173 g/mol. The fourth-order valence-corrected chi connectivity index (χ4v) is 1.00. The maximum absolute atomic E-state index is 10.0. The van der Waals surface area contributed by atoms with Crippen LogP contribution in [0.1, 0.15) is 0 Å². The van der Waals surface area contributed by atoms with E-state index in [9.17, 15) is 4.79 Å². The predicted molar refractivity (Wildman–Crippen MR) is 41.1 cm³/mol. The minimum absolute atomic E-state index is 0.0712. The van der Waals surface area contributed by atoms with Crippen LogP contribution >= 0.6 is 12.6 Å². The van der Waals surface area contributed by atoms with Gasteiger partial charge in [-0.1, -0.05) is 0 Å². The third-order valence-corrected chi connectivity index (χ3v) is 1.61. The zero-order valence-electron chi connectivity index (χ0n) is 5.56. The van der Waals surface area contributed by atoms with Gasteiger partial charge in [0.1, 0.15) is 6.29 Å². The summed E-state index contributed by atoms with van der Waals surface area (Å²) in [5.74, 6) is -0.363. The summed E-state index contributed by atoms with van der Waals surface area (Å²) in [5, 5.41) is 18.2. The van der Waals surface area contributed by atoms with E-state index in [0.717, 1.165) is 4.57 Å². The van der Waals surface area contributed by atoms with Crippen LogP contribution < -0.4 is 0 Å². The molecule has 0 radical (unpaired) electrons. The van der Waals surface area contributed by atoms with E-state index in [2.05, 4.69) is 12.6 Å². The van der Waals surface area contributed by atoms with Gasteiger partial charge in [0, 0.05) is 6.07 Å². The van der Waals surface area contributed by atoms with Crippen molar-refractivity contribution in [3.05, 3.63) is 6.07 Å². The van der Waals surface area contributed by atoms with Crippen LogP contribution in [0.15, 0.2) is 11.0 Å². The Balaban J connectivity index is 3.11. The second kappa shape index (κ2) is 2.87. The summed E-state index contributed by atoms with van der Waals surface area (Å²) in [6.07, 6.45) is 0.576. The third kappa shape index (κ3) is 1.32. The SMILES string of the molecule is O=CCn1c(O)cc(S)c1O. The van der Waals surface area contributed by atoms with E-state index in [1.807, 2.05) is 0 Å². The van der Waals surface area contributed by atoms with Gasteiger partial charge in [-0.25, -0.2) is 0 Å². The standard InChI is InChI=1S/C6H7NO3S/c8-2-1-7-5(9)3-4(11)6(7)10/h2-3,9-11H,1H2. The highest BCUT2D eigenvalue weighted by molar-refractivity contribution is 7.80. The van der Waals surface area contributed by atoms with E-state index in [-0.39, 0.29) is 23.2 Å². The van der Waals surface area contributed by atoms with Gasteiger partial charge in [0.05, 0.1) is 11.4 Å². The summed E-state index contributed by atoms with van der Waals surface area (Å²) < 4.78 is 1.05. The quantitative estimate of drug-likeness (QED) is 0.447. The lowest BCUT2D eigenvalue weighted by Crippen LogP contribution is -1.96. The van der Waals surface area contributed by atoms with Crippen molar-refractivity contribution in [2.24, 2.45) is 0 Å². The van der Waals surface area contributed by atoms with Crippen LogP contribution in [0.25, 0.3) is 0 Å². The number of nitrogens with zero attached hydrogens (tertiary/aromatic N) is 1. The van der Waals surface area contributed by atoms with Crippen LogP contribution in [0, 0.1) is 0 Å². The molecule has 0 spiro atoms. The molecule has 1 aromatic heterocycles. The number of aromatic hydroxyl groups is 2. The van der Waals surface area contributed by atoms with Gasteiger partial charge in [-0.2, -0.15) is 0 Å². The molecule has 0 aliphatic heterocycles. The number of aldehydes is 1. The number of rotatable bonds is 2. The molecule has 1 heterocycles. The molecule has 4 nitrogen and oxygen atoms in total. The average Bonchev–Trinajstić information content (AvgIpc) is 2.17. The lowest BCUT2D eigenvalue weighted by molar-refractivity contribution is -0.108. The Bertz CT molecular complexity index is 282. The number of aromatic nitrogens is 1. The highest BCUT2D eigenvalue weighted by Crippen LogP contribution is 2.29. The summed E-state index contributed by atoms with van der Waals surface area (Å²) in [6.45, 7) is -0.0712. The predicted octanol–water partition coefficient (Wildman–Crippen LogP) is 0.387. The molecule has 0 saturated carbocycles. The maximum Gasteiger partial charge on any atom is 0.208 e. The summed E-state index contributed by atoms with van der Waals surface area (Å²) >= 11 is 3.83. The molecule has 0 aliphatic rings. The van der Waals surface area contributed by atoms with E-state index in [1.165, 1.54) is 6.07 Å². The normalized spacial score (nSPS) is 9.91. The Morgan fingerprint density at radius 2 is 2.27 bits per heavy atom. The minimum Gasteiger partial charge on any atom is -0.494 e. The van der Waals surface area contributed by atoms with E-state index >= 15 is 0 Å². The molecule has 0 atom stereocenters. The molecule has 5 heteroatoms. The van der Waals surface area contributed by atoms with Crippen LogP contribution in [0.5, 0.6) is 11.8 Å². The molecule has 0 aromatic carbocycles. The van der Waals surface area contributed by atoms with Crippen molar-refractivity contribution in [1.82, 2.24) is 4.57 Å². The lowest BCUT2D eigenvalue weighted by atomic mass is 10.6. The van der Waals surface area contributed by atoms with Crippen molar-refractivity contribution in [1.29, 1.82) is 0 Å². The van der Waals surface area contributed by atoms with Crippen LogP contribution in [0.3, 0.4) is 0 Å². The van der Waals surface area contributed by atoms with Gasteiger partial charge in [0.15, 0.2) is 5.88 Å². The van der Waals surface area contributed by atoms with Crippen LogP contribution in [-0.4, -0.2) is 21.1 Å². The maximum atomic E-state index is 10.0. The first-order valence-electron chi connectivity index (χ1n) is 2.91. The molecule has 2 N–H and O–H groups in total. The van der Waals surface area contributed by atoms with Gasteiger partial charge in [-0.05, 0) is 0 Å². The zero-order valence-corrected chi connectivity index (χ0v) is 6.45. The molecule has 0 fully saturated rings. The van der Waals surface area contributed by atoms with E-state index < -0.39 is 0 Å². The van der Waals surface area contributed by atoms with Crippen molar-refractivity contribution in [2.45, 2.75) is 11.4 Å². The van der Waals surface area contributed by atoms with E-state index in [0.29, 0.717) is 6.29 Å². The topological polar surface area (TPSA) is 62.5 Å². The third-order valence-electron chi connectivity index (χ3n) is 1.28. The van der Waals surface area contributed by atoms with Crippen molar-refractivity contribution in [3.63, 3.8) is 0 Å². The van der Waals surface area contributed by atoms with Crippen LogP contribution in [0.4, 0.5) is 0 Å². The second-order valence-corrected chi connectivity index (χ2v) is 2.47. The molecule has 0 saturated heterocycles. The number of carbonyl (C=O) groups excluding carboxylic acids is 1. The van der Waals surface area contributed by atoms with Gasteiger partial charge in [0.25, 0.3) is 0 Å². The smallest absolute Gasteiger partial charge is 0.208 e. The summed E-state index contributed by atoms with van der Waals surface area (Å²) in [7, 11) is 0. The first-order chi connectivity index (χ1) is 5.16. The van der Waals surface area contributed by atoms with Gasteiger partial charge < -0.3 is 15.0 Å². The lowest BCUT2D eigenvalue weighted by Gasteiger charge is -1.99. The summed E-state index contributed by atoms with van der Waals surface area (Å²) in [4.78, 5) is 10.3. The molecule has 1 rings (SSSR count). The second-order valence-electron chi connectivity index (χ2n) is 1.99. The summed E-state index contributed by atoms with van der Waals surface area (Å²) in [5.41, 5.74) is 0. The number of thiol groups is 1. The molecule has 60 valence electrons. The Labute approximate surface area is 68.5 Å². The van der Waals surface area contributed by atoms with Gasteiger partial charge in [0.2, 0.25) is 5.88 Å². The molecule has 0 bridgehead atoms. The van der Waals surface area contributed by atoms with Gasteiger partial charge >= 0.3 is 0 Å². The van der Waals surface area contributed by atoms with Crippen LogP contribution in [-0.2, 0) is 11.3 Å². The molecule has 0 aliphatic carbocycles. The fraction of sp³-hybridized carbons (Fsp3) is 0.167. The number of hydrogen-bond donors (Lipinski definition) is 3. The molecule has 1 aromatic rings. The number of carbonyl (C=O) groups is 1. The van der Waals surface area contributed by atoms with Gasteiger partial charge in [-0.15, -0.1) is 12.6 Å². The Hall–Kier alpha value is -1.10. The van der Waals surface area contributed by atoms with Crippen molar-refractivity contribution in [3.8, 4) is 11.8 Å². The van der Waals surface area contributed by atoms with E-state index in [4.69, 9.17) is 10.2 Å². The molecular formula is C6H7NO3S.